The molecule has 0 fully saturated rings. The molecule has 0 aliphatic heterocycles. The van der Waals surface area contributed by atoms with Crippen molar-refractivity contribution >= 4 is 28.6 Å². The van der Waals surface area contributed by atoms with E-state index in [9.17, 15) is 18.0 Å². The van der Waals surface area contributed by atoms with Crippen LogP contribution in [0.3, 0.4) is 0 Å². The first-order valence-corrected chi connectivity index (χ1v) is 10.8. The molecule has 4 rings (SSSR count). The Morgan fingerprint density at radius 2 is 1.91 bits per heavy atom. The van der Waals surface area contributed by atoms with Gasteiger partial charge in [0.15, 0.2) is 0 Å². The van der Waals surface area contributed by atoms with Crippen molar-refractivity contribution < 1.29 is 22.7 Å². The Morgan fingerprint density at radius 1 is 1.15 bits per heavy atom. The number of benzene rings is 1. The van der Waals surface area contributed by atoms with Gasteiger partial charge in [-0.05, 0) is 56.7 Å². The number of imidazole rings is 1. The van der Waals surface area contributed by atoms with E-state index in [4.69, 9.17) is 16.3 Å². The van der Waals surface area contributed by atoms with Crippen molar-refractivity contribution in [1.82, 2.24) is 19.5 Å². The molecule has 6 nitrogen and oxygen atoms in total. The van der Waals surface area contributed by atoms with Crippen LogP contribution in [0.25, 0.3) is 22.3 Å². The molecule has 0 aliphatic carbocycles. The van der Waals surface area contributed by atoms with Crippen LogP contribution < -0.4 is 0 Å². The van der Waals surface area contributed by atoms with Crippen molar-refractivity contribution in [2.45, 2.75) is 33.5 Å². The Hall–Kier alpha value is -3.46. The van der Waals surface area contributed by atoms with Gasteiger partial charge < -0.3 is 9.30 Å². The maximum Gasteiger partial charge on any atom is 0.417 e. The molecule has 3 aromatic heterocycles. The molecule has 0 bridgehead atoms. The van der Waals surface area contributed by atoms with Crippen LogP contribution in [0.15, 0.2) is 42.7 Å². The molecular formula is C24H20ClF3N4O2. The number of hydrogen-bond acceptors (Lipinski definition) is 5. The highest BCUT2D eigenvalue weighted by Gasteiger charge is 2.31. The SMILES string of the molecule is CCOC(=O)c1ccnc(-c2cc(C)c3nc(C)n(Cc4ncc(C(F)(F)F)cc4Cl)c3c2)c1. The summed E-state index contributed by atoms with van der Waals surface area (Å²) in [4.78, 5) is 25.1. The third-order valence-corrected chi connectivity index (χ3v) is 5.68. The molecule has 0 radical (unpaired) electrons. The van der Waals surface area contributed by atoms with Crippen LogP contribution in [0.4, 0.5) is 13.2 Å². The topological polar surface area (TPSA) is 69.9 Å². The summed E-state index contributed by atoms with van der Waals surface area (Å²) in [5.74, 6) is 0.217. The van der Waals surface area contributed by atoms with Crippen molar-refractivity contribution in [3.8, 4) is 11.3 Å². The average Bonchev–Trinajstić information content (AvgIpc) is 3.10. The summed E-state index contributed by atoms with van der Waals surface area (Å²) >= 11 is 6.14. The van der Waals surface area contributed by atoms with E-state index < -0.39 is 17.7 Å². The highest BCUT2D eigenvalue weighted by atomic mass is 35.5. The summed E-state index contributed by atoms with van der Waals surface area (Å²) in [6.07, 6.45) is -2.21. The molecule has 0 aliphatic rings. The number of hydrogen-bond donors (Lipinski definition) is 0. The van der Waals surface area contributed by atoms with Gasteiger partial charge in [0.05, 0.1) is 51.7 Å². The van der Waals surface area contributed by atoms with Crippen LogP contribution >= 0.6 is 11.6 Å². The minimum Gasteiger partial charge on any atom is -0.462 e. The number of nitrogens with zero attached hydrogens (tertiary/aromatic N) is 4. The predicted molar refractivity (Wildman–Crippen MR) is 122 cm³/mol. The molecule has 176 valence electrons. The van der Waals surface area contributed by atoms with Crippen molar-refractivity contribution in [1.29, 1.82) is 0 Å². The van der Waals surface area contributed by atoms with Gasteiger partial charge >= 0.3 is 12.1 Å². The summed E-state index contributed by atoms with van der Waals surface area (Å²) in [5, 5.41) is -0.0762. The molecule has 1 aromatic carbocycles. The predicted octanol–water partition coefficient (Wildman–Crippen LogP) is 6.01. The first-order valence-electron chi connectivity index (χ1n) is 10.4. The molecule has 3 heterocycles. The Bertz CT molecular complexity index is 1400. The summed E-state index contributed by atoms with van der Waals surface area (Å²) < 4.78 is 45.8. The molecule has 0 unspecified atom stereocenters. The van der Waals surface area contributed by atoms with E-state index in [-0.39, 0.29) is 18.2 Å². The summed E-state index contributed by atoms with van der Waals surface area (Å²) in [6, 6.07) is 7.90. The van der Waals surface area contributed by atoms with E-state index >= 15 is 0 Å². The van der Waals surface area contributed by atoms with Crippen molar-refractivity contribution in [2.24, 2.45) is 0 Å². The highest BCUT2D eigenvalue weighted by Crippen LogP contribution is 2.32. The molecule has 0 spiro atoms. The van der Waals surface area contributed by atoms with Crippen LogP contribution in [0.5, 0.6) is 0 Å². The van der Waals surface area contributed by atoms with Crippen LogP contribution in [0.2, 0.25) is 5.02 Å². The third-order valence-electron chi connectivity index (χ3n) is 5.35. The largest absolute Gasteiger partial charge is 0.462 e. The number of pyridine rings is 2. The fourth-order valence-electron chi connectivity index (χ4n) is 3.67. The van der Waals surface area contributed by atoms with Gasteiger partial charge in [-0.15, -0.1) is 0 Å². The number of rotatable bonds is 5. The lowest BCUT2D eigenvalue weighted by Crippen LogP contribution is -2.09. The molecule has 0 N–H and O–H groups in total. The fraction of sp³-hybridized carbons (Fsp3) is 0.250. The lowest BCUT2D eigenvalue weighted by atomic mass is 10.0. The van der Waals surface area contributed by atoms with Gasteiger partial charge in [-0.3, -0.25) is 9.97 Å². The van der Waals surface area contributed by atoms with Crippen molar-refractivity contribution in [2.75, 3.05) is 6.61 Å². The number of aromatic nitrogens is 4. The maximum absolute atomic E-state index is 13.0. The molecule has 0 saturated carbocycles. The number of carbonyl (C=O) groups excluding carboxylic acids is 1. The first-order chi connectivity index (χ1) is 16.1. The van der Waals surface area contributed by atoms with Gasteiger partial charge in [0.2, 0.25) is 0 Å². The lowest BCUT2D eigenvalue weighted by molar-refractivity contribution is -0.137. The van der Waals surface area contributed by atoms with Gasteiger partial charge in [-0.25, -0.2) is 9.78 Å². The Balaban J connectivity index is 1.77. The number of aryl methyl sites for hydroxylation is 2. The second-order valence-electron chi connectivity index (χ2n) is 7.71. The second kappa shape index (κ2) is 9.06. The number of carbonyl (C=O) groups is 1. The zero-order chi connectivity index (χ0) is 24.6. The van der Waals surface area contributed by atoms with Crippen molar-refractivity contribution in [3.63, 3.8) is 0 Å². The van der Waals surface area contributed by atoms with Crippen LogP contribution in [-0.4, -0.2) is 32.1 Å². The van der Waals surface area contributed by atoms with E-state index in [1.54, 1.807) is 26.0 Å². The summed E-state index contributed by atoms with van der Waals surface area (Å²) in [7, 11) is 0. The highest BCUT2D eigenvalue weighted by molar-refractivity contribution is 6.31. The van der Waals surface area contributed by atoms with Gasteiger partial charge in [0, 0.05) is 18.0 Å². The quantitative estimate of drug-likeness (QED) is 0.322. The molecule has 0 amide bonds. The normalized spacial score (nSPS) is 11.7. The lowest BCUT2D eigenvalue weighted by Gasteiger charge is -2.12. The Labute approximate surface area is 198 Å². The van der Waals surface area contributed by atoms with Crippen LogP contribution in [0, 0.1) is 13.8 Å². The van der Waals surface area contributed by atoms with Crippen molar-refractivity contribution in [3.05, 3.63) is 76.0 Å². The van der Waals surface area contributed by atoms with E-state index in [2.05, 4.69) is 15.0 Å². The number of alkyl halides is 3. The summed E-state index contributed by atoms with van der Waals surface area (Å²) in [6.45, 7) is 5.84. The van der Waals surface area contributed by atoms with Gasteiger partial charge in [-0.2, -0.15) is 13.2 Å². The maximum atomic E-state index is 13.0. The number of fused-ring (bicyclic) bond motifs is 1. The van der Waals surface area contributed by atoms with Crippen LogP contribution in [0.1, 0.15) is 39.9 Å². The molecule has 4 aromatic rings. The average molecular weight is 489 g/mol. The molecule has 0 atom stereocenters. The van der Waals surface area contributed by atoms with E-state index in [1.807, 2.05) is 23.6 Å². The number of ether oxygens (including phenoxy) is 1. The van der Waals surface area contributed by atoms with Gasteiger partial charge in [0.1, 0.15) is 5.82 Å². The Kier molecular flexibility index (Phi) is 6.31. The second-order valence-corrected chi connectivity index (χ2v) is 8.11. The standard InChI is InChI=1S/C24H20ClF3N4O2/c1-4-34-23(33)15-5-6-29-19(8-15)16-7-13(2)22-21(9-16)32(14(3)31-22)12-20-18(25)10-17(11-30-20)24(26,27)28/h5-11H,4,12H2,1-3H3. The van der Waals surface area contributed by atoms with Crippen LogP contribution in [-0.2, 0) is 17.5 Å². The minimum absolute atomic E-state index is 0.0762. The molecule has 0 saturated heterocycles. The fourth-order valence-corrected chi connectivity index (χ4v) is 3.90. The number of halogens is 4. The van der Waals surface area contributed by atoms with Gasteiger partial charge in [0.25, 0.3) is 0 Å². The Morgan fingerprint density at radius 3 is 2.59 bits per heavy atom. The first kappa shape index (κ1) is 23.7. The molecule has 34 heavy (non-hydrogen) atoms. The minimum atomic E-state index is -4.52. The third kappa shape index (κ3) is 4.61. The monoisotopic (exact) mass is 488 g/mol. The van der Waals surface area contributed by atoms with E-state index in [0.717, 1.165) is 34.4 Å². The van der Waals surface area contributed by atoms with Gasteiger partial charge in [-0.1, -0.05) is 11.6 Å². The number of esters is 1. The molecule has 10 heteroatoms. The van der Waals surface area contributed by atoms with E-state index in [1.165, 1.54) is 6.20 Å². The summed E-state index contributed by atoms with van der Waals surface area (Å²) in [5.41, 5.74) is 3.47. The zero-order valence-corrected chi connectivity index (χ0v) is 19.3. The zero-order valence-electron chi connectivity index (χ0n) is 18.6. The molecular weight excluding hydrogens is 469 g/mol. The smallest absolute Gasteiger partial charge is 0.417 e. The van der Waals surface area contributed by atoms with E-state index in [0.29, 0.717) is 22.8 Å².